The number of nitrogens with one attached hydrogen (secondary N) is 1. The molecule has 1 N–H and O–H groups in total. The molecule has 0 atom stereocenters. The molecule has 0 saturated carbocycles. The molecular weight excluding hydrogens is 288 g/mol. The van der Waals surface area contributed by atoms with Gasteiger partial charge in [0.25, 0.3) is 11.6 Å². The SMILES string of the molecule is COc1ccc(OC)c(NC(=O)c2cccc([N+](=O)[O-])c2)c1. The molecule has 0 aliphatic rings. The van der Waals surface area contributed by atoms with Gasteiger partial charge in [-0.2, -0.15) is 0 Å². The van der Waals surface area contributed by atoms with Crippen molar-refractivity contribution in [3.63, 3.8) is 0 Å². The molecule has 0 saturated heterocycles. The van der Waals surface area contributed by atoms with Crippen LogP contribution >= 0.6 is 0 Å². The molecule has 2 aromatic rings. The minimum absolute atomic E-state index is 0.148. The Morgan fingerprint density at radius 1 is 1.14 bits per heavy atom. The van der Waals surface area contributed by atoms with Crippen LogP contribution in [0.4, 0.5) is 11.4 Å². The number of rotatable bonds is 5. The van der Waals surface area contributed by atoms with Crippen LogP contribution in [0.2, 0.25) is 0 Å². The Balaban J connectivity index is 2.28. The van der Waals surface area contributed by atoms with Crippen molar-refractivity contribution in [1.82, 2.24) is 0 Å². The summed E-state index contributed by atoms with van der Waals surface area (Å²) < 4.78 is 10.3. The number of anilines is 1. The molecule has 0 radical (unpaired) electrons. The quantitative estimate of drug-likeness (QED) is 0.677. The van der Waals surface area contributed by atoms with Gasteiger partial charge >= 0.3 is 0 Å². The first-order valence-corrected chi connectivity index (χ1v) is 6.33. The summed E-state index contributed by atoms with van der Waals surface area (Å²) in [6, 6.07) is 10.4. The highest BCUT2D eigenvalue weighted by Crippen LogP contribution is 2.29. The van der Waals surface area contributed by atoms with Crippen molar-refractivity contribution >= 4 is 17.3 Å². The number of carbonyl (C=O) groups excluding carboxylic acids is 1. The van der Waals surface area contributed by atoms with E-state index in [-0.39, 0.29) is 11.3 Å². The fraction of sp³-hybridized carbons (Fsp3) is 0.133. The summed E-state index contributed by atoms with van der Waals surface area (Å²) in [5.41, 5.74) is 0.447. The first-order chi connectivity index (χ1) is 10.5. The van der Waals surface area contributed by atoms with Gasteiger partial charge in [-0.25, -0.2) is 0 Å². The number of nitro benzene ring substituents is 1. The highest BCUT2D eigenvalue weighted by molar-refractivity contribution is 6.05. The van der Waals surface area contributed by atoms with Crippen LogP contribution in [0.25, 0.3) is 0 Å². The third kappa shape index (κ3) is 3.32. The maximum absolute atomic E-state index is 12.2. The minimum Gasteiger partial charge on any atom is -0.497 e. The van der Waals surface area contributed by atoms with Crippen molar-refractivity contribution in [3.8, 4) is 11.5 Å². The maximum Gasteiger partial charge on any atom is 0.270 e. The molecule has 0 heterocycles. The number of benzene rings is 2. The molecule has 22 heavy (non-hydrogen) atoms. The summed E-state index contributed by atoms with van der Waals surface area (Å²) in [6.07, 6.45) is 0. The zero-order valence-corrected chi connectivity index (χ0v) is 12.0. The second-order valence-corrected chi connectivity index (χ2v) is 4.33. The topological polar surface area (TPSA) is 90.7 Å². The Kier molecular flexibility index (Phi) is 4.57. The van der Waals surface area contributed by atoms with E-state index in [0.717, 1.165) is 0 Å². The fourth-order valence-electron chi connectivity index (χ4n) is 1.87. The monoisotopic (exact) mass is 302 g/mol. The summed E-state index contributed by atoms with van der Waals surface area (Å²) in [5.74, 6) is 0.532. The van der Waals surface area contributed by atoms with Gasteiger partial charge < -0.3 is 14.8 Å². The summed E-state index contributed by atoms with van der Waals surface area (Å²) >= 11 is 0. The highest BCUT2D eigenvalue weighted by atomic mass is 16.6. The Bertz CT molecular complexity index is 715. The number of ether oxygens (including phenoxy) is 2. The number of hydrogen-bond donors (Lipinski definition) is 1. The van der Waals surface area contributed by atoms with E-state index in [1.54, 1.807) is 18.2 Å². The van der Waals surface area contributed by atoms with Crippen molar-refractivity contribution in [2.24, 2.45) is 0 Å². The third-order valence-electron chi connectivity index (χ3n) is 2.97. The lowest BCUT2D eigenvalue weighted by Gasteiger charge is -2.11. The summed E-state index contributed by atoms with van der Waals surface area (Å²) in [6.45, 7) is 0. The van der Waals surface area contributed by atoms with Gasteiger partial charge in [0.15, 0.2) is 0 Å². The van der Waals surface area contributed by atoms with Crippen LogP contribution in [0.3, 0.4) is 0 Å². The molecule has 0 aliphatic carbocycles. The Labute approximate surface area is 126 Å². The molecule has 0 aromatic heterocycles. The van der Waals surface area contributed by atoms with Crippen LogP contribution in [0.1, 0.15) is 10.4 Å². The zero-order valence-electron chi connectivity index (χ0n) is 12.0. The summed E-state index contributed by atoms with van der Waals surface area (Å²) in [4.78, 5) is 22.4. The molecule has 2 aromatic carbocycles. The Morgan fingerprint density at radius 3 is 2.55 bits per heavy atom. The van der Waals surface area contributed by atoms with E-state index in [2.05, 4.69) is 5.32 Å². The molecule has 7 nitrogen and oxygen atoms in total. The van der Waals surface area contributed by atoms with Crippen molar-refractivity contribution < 1.29 is 19.2 Å². The molecule has 114 valence electrons. The van der Waals surface area contributed by atoms with Gasteiger partial charge in [-0.3, -0.25) is 14.9 Å². The molecule has 0 unspecified atom stereocenters. The largest absolute Gasteiger partial charge is 0.497 e. The summed E-state index contributed by atoms with van der Waals surface area (Å²) in [5, 5.41) is 13.4. The molecular formula is C15H14N2O5. The predicted octanol–water partition coefficient (Wildman–Crippen LogP) is 2.86. The standard InChI is InChI=1S/C15H14N2O5/c1-21-12-6-7-14(22-2)13(9-12)16-15(18)10-4-3-5-11(8-10)17(19)20/h3-9H,1-2H3,(H,16,18). The van der Waals surface area contributed by atoms with E-state index < -0.39 is 10.8 Å². The van der Waals surface area contributed by atoms with Crippen LogP contribution in [0.15, 0.2) is 42.5 Å². The van der Waals surface area contributed by atoms with Gasteiger partial charge in [0, 0.05) is 23.8 Å². The van der Waals surface area contributed by atoms with Crippen molar-refractivity contribution in [1.29, 1.82) is 0 Å². The van der Waals surface area contributed by atoms with Gasteiger partial charge in [0.05, 0.1) is 24.8 Å². The second kappa shape index (κ2) is 6.57. The minimum atomic E-state index is -0.553. The maximum atomic E-state index is 12.2. The van der Waals surface area contributed by atoms with E-state index >= 15 is 0 Å². The van der Waals surface area contributed by atoms with E-state index in [1.807, 2.05) is 0 Å². The Morgan fingerprint density at radius 2 is 1.91 bits per heavy atom. The number of hydrogen-bond acceptors (Lipinski definition) is 5. The van der Waals surface area contributed by atoms with Gasteiger partial charge in [-0.05, 0) is 18.2 Å². The van der Waals surface area contributed by atoms with Crippen LogP contribution in [-0.2, 0) is 0 Å². The van der Waals surface area contributed by atoms with E-state index in [1.165, 1.54) is 38.5 Å². The van der Waals surface area contributed by atoms with Crippen molar-refractivity contribution in [3.05, 3.63) is 58.1 Å². The number of carbonyl (C=O) groups is 1. The van der Waals surface area contributed by atoms with Crippen molar-refractivity contribution in [2.45, 2.75) is 0 Å². The molecule has 0 bridgehead atoms. The molecule has 0 spiro atoms. The first kappa shape index (κ1) is 15.3. The van der Waals surface area contributed by atoms with Crippen LogP contribution in [0, 0.1) is 10.1 Å². The number of nitro groups is 1. The van der Waals surface area contributed by atoms with Gasteiger partial charge in [-0.15, -0.1) is 0 Å². The van der Waals surface area contributed by atoms with Crippen molar-refractivity contribution in [2.75, 3.05) is 19.5 Å². The number of non-ortho nitro benzene ring substituents is 1. The first-order valence-electron chi connectivity index (χ1n) is 6.33. The van der Waals surface area contributed by atoms with Gasteiger partial charge in [0.2, 0.25) is 0 Å². The fourth-order valence-corrected chi connectivity index (χ4v) is 1.87. The molecule has 7 heteroatoms. The average molecular weight is 302 g/mol. The third-order valence-corrected chi connectivity index (χ3v) is 2.97. The average Bonchev–Trinajstić information content (AvgIpc) is 2.54. The van der Waals surface area contributed by atoms with Crippen LogP contribution in [-0.4, -0.2) is 25.1 Å². The number of nitrogens with zero attached hydrogens (tertiary/aromatic N) is 1. The smallest absolute Gasteiger partial charge is 0.270 e. The van der Waals surface area contributed by atoms with Gasteiger partial charge in [-0.1, -0.05) is 6.07 Å². The lowest BCUT2D eigenvalue weighted by atomic mass is 10.2. The highest BCUT2D eigenvalue weighted by Gasteiger charge is 2.14. The normalized spacial score (nSPS) is 9.91. The van der Waals surface area contributed by atoms with Crippen LogP contribution in [0.5, 0.6) is 11.5 Å². The number of amides is 1. The molecule has 2 rings (SSSR count). The van der Waals surface area contributed by atoms with Crippen LogP contribution < -0.4 is 14.8 Å². The van der Waals surface area contributed by atoms with Gasteiger partial charge in [0.1, 0.15) is 11.5 Å². The molecule has 0 aliphatic heterocycles. The second-order valence-electron chi connectivity index (χ2n) is 4.33. The summed E-state index contributed by atoms with van der Waals surface area (Å²) in [7, 11) is 2.98. The lowest BCUT2D eigenvalue weighted by molar-refractivity contribution is -0.384. The lowest BCUT2D eigenvalue weighted by Crippen LogP contribution is -2.13. The predicted molar refractivity (Wildman–Crippen MR) is 80.6 cm³/mol. The molecule has 0 fully saturated rings. The van der Waals surface area contributed by atoms with E-state index in [0.29, 0.717) is 17.2 Å². The number of methoxy groups -OCH3 is 2. The Hall–Kier alpha value is -3.09. The molecule has 1 amide bonds. The zero-order chi connectivity index (χ0) is 16.1. The van der Waals surface area contributed by atoms with E-state index in [4.69, 9.17) is 9.47 Å². The van der Waals surface area contributed by atoms with E-state index in [9.17, 15) is 14.9 Å².